The zero-order valence-corrected chi connectivity index (χ0v) is 28.2. The maximum atomic E-state index is 14.5. The Kier molecular flexibility index (Phi) is 9.90. The second-order valence-electron chi connectivity index (χ2n) is 11.4. The first kappa shape index (κ1) is 33.1. The highest BCUT2D eigenvalue weighted by molar-refractivity contribution is 8.00. The number of imidazole rings is 2. The minimum absolute atomic E-state index is 0.0952. The second-order valence-corrected chi connectivity index (χ2v) is 13.3. The first-order valence-electron chi connectivity index (χ1n) is 15.7. The van der Waals surface area contributed by atoms with Gasteiger partial charge in [-0.2, -0.15) is 0 Å². The summed E-state index contributed by atoms with van der Waals surface area (Å²) >= 11 is 2.55. The summed E-state index contributed by atoms with van der Waals surface area (Å²) in [5.41, 5.74) is 5.47. The molecule has 0 atom stereocenters. The van der Waals surface area contributed by atoms with Crippen molar-refractivity contribution in [3.8, 4) is 0 Å². The van der Waals surface area contributed by atoms with Gasteiger partial charge in [-0.25, -0.2) is 18.7 Å². The molecule has 2 N–H and O–H groups in total. The summed E-state index contributed by atoms with van der Waals surface area (Å²) in [7, 11) is 0. The largest absolute Gasteiger partial charge is 0.325 e. The molecular weight excluding hydrogens is 675 g/mol. The van der Waals surface area contributed by atoms with Crippen molar-refractivity contribution < 1.29 is 18.4 Å². The van der Waals surface area contributed by atoms with Crippen molar-refractivity contribution in [2.24, 2.45) is 0 Å². The Balaban J connectivity index is 0.947. The van der Waals surface area contributed by atoms with Crippen LogP contribution in [-0.2, 0) is 22.7 Å². The number of nitrogens with one attached hydrogen (secondary N) is 2. The van der Waals surface area contributed by atoms with Crippen molar-refractivity contribution in [2.75, 3.05) is 22.1 Å². The fourth-order valence-corrected chi connectivity index (χ4v) is 7.15. The number of benzene rings is 5. The molecule has 0 aliphatic rings. The van der Waals surface area contributed by atoms with Gasteiger partial charge in [0.25, 0.3) is 0 Å². The van der Waals surface area contributed by atoms with Gasteiger partial charge in [-0.05, 0) is 60.7 Å². The summed E-state index contributed by atoms with van der Waals surface area (Å²) in [4.78, 5) is 35.2. The lowest BCUT2D eigenvalue weighted by Gasteiger charge is -2.11. The molecule has 0 saturated carbocycles. The summed E-state index contributed by atoms with van der Waals surface area (Å²) in [6.45, 7) is 0.576. The number of fused-ring (bicyclic) bond motifs is 2. The molecule has 5 aromatic carbocycles. The Labute approximate surface area is 294 Å². The fourth-order valence-electron chi connectivity index (χ4n) is 5.52. The Morgan fingerprint density at radius 3 is 1.34 bits per heavy atom. The van der Waals surface area contributed by atoms with Crippen LogP contribution >= 0.6 is 23.5 Å². The van der Waals surface area contributed by atoms with Gasteiger partial charge in [0.05, 0.1) is 46.7 Å². The molecule has 2 heterocycles. The summed E-state index contributed by atoms with van der Waals surface area (Å²) in [6, 6.07) is 35.3. The lowest BCUT2D eigenvalue weighted by molar-refractivity contribution is -0.114. The van der Waals surface area contributed by atoms with Gasteiger partial charge in [0.1, 0.15) is 11.6 Å². The highest BCUT2D eigenvalue weighted by Crippen LogP contribution is 2.28. The lowest BCUT2D eigenvalue weighted by atomic mass is 10.2. The fraction of sp³-hybridized carbons (Fsp3) is 0.105. The van der Waals surface area contributed by atoms with E-state index in [-0.39, 0.29) is 48.0 Å². The molecule has 8 nitrogen and oxygen atoms in total. The molecule has 2 amide bonds. The van der Waals surface area contributed by atoms with Crippen LogP contribution in [0, 0.1) is 11.6 Å². The average molecular weight is 705 g/mol. The number of para-hydroxylation sites is 4. The van der Waals surface area contributed by atoms with Gasteiger partial charge in [-0.1, -0.05) is 84.2 Å². The van der Waals surface area contributed by atoms with E-state index in [2.05, 4.69) is 10.6 Å². The summed E-state index contributed by atoms with van der Waals surface area (Å²) in [5.74, 6) is -0.864. The number of hydrogen-bond acceptors (Lipinski definition) is 6. The smallest absolute Gasteiger partial charge is 0.234 e. The van der Waals surface area contributed by atoms with Crippen molar-refractivity contribution in [3.63, 3.8) is 0 Å². The lowest BCUT2D eigenvalue weighted by Crippen LogP contribution is -2.16. The molecule has 7 aromatic rings. The average Bonchev–Trinajstić information content (AvgIpc) is 3.66. The number of carbonyl (C=O) groups excluding carboxylic acids is 2. The molecule has 0 bridgehead atoms. The predicted octanol–water partition coefficient (Wildman–Crippen LogP) is 8.22. The first-order chi connectivity index (χ1) is 24.4. The maximum Gasteiger partial charge on any atom is 0.234 e. The topological polar surface area (TPSA) is 93.8 Å². The van der Waals surface area contributed by atoms with Crippen LogP contribution in [-0.4, -0.2) is 42.4 Å². The van der Waals surface area contributed by atoms with E-state index < -0.39 is 0 Å². The van der Waals surface area contributed by atoms with E-state index in [0.29, 0.717) is 32.8 Å². The van der Waals surface area contributed by atoms with E-state index in [4.69, 9.17) is 9.97 Å². The zero-order chi connectivity index (χ0) is 34.5. The van der Waals surface area contributed by atoms with Crippen LogP contribution in [0.15, 0.2) is 132 Å². The molecule has 250 valence electrons. The number of thioether (sulfide) groups is 2. The molecule has 0 fully saturated rings. The Bertz CT molecular complexity index is 2160. The Hall–Kier alpha value is -5.46. The summed E-state index contributed by atoms with van der Waals surface area (Å²) in [6.07, 6.45) is 0. The predicted molar refractivity (Wildman–Crippen MR) is 196 cm³/mol. The van der Waals surface area contributed by atoms with Crippen LogP contribution in [0.5, 0.6) is 0 Å². The molecule has 7 rings (SSSR count). The Morgan fingerprint density at radius 1 is 0.540 bits per heavy atom. The van der Waals surface area contributed by atoms with Crippen LogP contribution < -0.4 is 10.6 Å². The molecule has 0 spiro atoms. The number of aromatic nitrogens is 4. The van der Waals surface area contributed by atoms with Crippen molar-refractivity contribution in [1.82, 2.24) is 19.1 Å². The number of amides is 2. The molecule has 12 heteroatoms. The quantitative estimate of drug-likeness (QED) is 0.125. The number of rotatable bonds is 12. The van der Waals surface area contributed by atoms with Crippen LogP contribution in [0.4, 0.5) is 20.2 Å². The van der Waals surface area contributed by atoms with Crippen molar-refractivity contribution in [3.05, 3.63) is 144 Å². The van der Waals surface area contributed by atoms with Crippen LogP contribution in [0.25, 0.3) is 22.1 Å². The van der Waals surface area contributed by atoms with E-state index in [0.717, 1.165) is 22.1 Å². The first-order valence-corrected chi connectivity index (χ1v) is 17.7. The van der Waals surface area contributed by atoms with Gasteiger partial charge < -0.3 is 19.8 Å². The van der Waals surface area contributed by atoms with Crippen LogP contribution in [0.1, 0.15) is 11.1 Å². The monoisotopic (exact) mass is 704 g/mol. The highest BCUT2D eigenvalue weighted by Gasteiger charge is 2.17. The summed E-state index contributed by atoms with van der Waals surface area (Å²) in [5, 5.41) is 6.99. The third-order valence-corrected chi connectivity index (χ3v) is 9.88. The van der Waals surface area contributed by atoms with Crippen molar-refractivity contribution >= 4 is 68.8 Å². The van der Waals surface area contributed by atoms with E-state index in [1.165, 1.54) is 35.7 Å². The zero-order valence-electron chi connectivity index (χ0n) is 26.6. The van der Waals surface area contributed by atoms with Gasteiger partial charge in [-0.3, -0.25) is 9.59 Å². The van der Waals surface area contributed by atoms with Gasteiger partial charge in [-0.15, -0.1) is 0 Å². The standard InChI is InChI=1S/C38H30F2N6O2S2/c39-29-11-3-1-9-25(29)21-45-33-15-7-5-13-31(33)43-37(45)49-23-35(47)41-27-17-19-28(20-18-27)42-36(48)24-50-38-44-32-14-6-8-16-34(32)46(38)22-26-10-2-4-12-30(26)40/h1-20H,21-24H2,(H,41,47)(H,42,48). The molecule has 2 aromatic heterocycles. The molecule has 0 aliphatic heterocycles. The second kappa shape index (κ2) is 15.0. The number of halogens is 2. The number of nitrogens with zero attached hydrogens (tertiary/aromatic N) is 4. The maximum absolute atomic E-state index is 14.5. The van der Waals surface area contributed by atoms with Gasteiger partial charge in [0.2, 0.25) is 11.8 Å². The van der Waals surface area contributed by atoms with E-state index >= 15 is 0 Å². The third kappa shape index (κ3) is 7.56. The molecule has 0 saturated heterocycles. The molecule has 0 radical (unpaired) electrons. The molecule has 50 heavy (non-hydrogen) atoms. The normalized spacial score (nSPS) is 11.2. The Morgan fingerprint density at radius 2 is 0.920 bits per heavy atom. The number of carbonyl (C=O) groups is 2. The van der Waals surface area contributed by atoms with Gasteiger partial charge in [0.15, 0.2) is 10.3 Å². The van der Waals surface area contributed by atoms with E-state index in [9.17, 15) is 18.4 Å². The van der Waals surface area contributed by atoms with Gasteiger partial charge >= 0.3 is 0 Å². The van der Waals surface area contributed by atoms with E-state index in [1.807, 2.05) is 57.7 Å². The minimum Gasteiger partial charge on any atom is -0.325 e. The molecule has 0 unspecified atom stereocenters. The van der Waals surface area contributed by atoms with Gasteiger partial charge in [0, 0.05) is 22.5 Å². The van der Waals surface area contributed by atoms with Crippen molar-refractivity contribution in [1.29, 1.82) is 0 Å². The third-order valence-electron chi connectivity index (χ3n) is 7.93. The molecular formula is C38H30F2N6O2S2. The number of hydrogen-bond donors (Lipinski definition) is 2. The van der Waals surface area contributed by atoms with Crippen LogP contribution in [0.2, 0.25) is 0 Å². The highest BCUT2D eigenvalue weighted by atomic mass is 32.2. The van der Waals surface area contributed by atoms with Crippen molar-refractivity contribution in [2.45, 2.75) is 23.4 Å². The van der Waals surface area contributed by atoms with Crippen LogP contribution in [0.3, 0.4) is 0 Å². The van der Waals surface area contributed by atoms with E-state index in [1.54, 1.807) is 60.7 Å². The summed E-state index contributed by atoms with van der Waals surface area (Å²) < 4.78 is 32.8. The SMILES string of the molecule is O=C(CSc1nc2ccccc2n1Cc1ccccc1F)Nc1ccc(NC(=O)CSc2nc3ccccc3n2Cc2ccccc2F)cc1. The molecule has 0 aliphatic carbocycles. The minimum atomic E-state index is -0.296. The number of anilines is 2.